The van der Waals surface area contributed by atoms with Crippen LogP contribution < -0.4 is 9.46 Å². The van der Waals surface area contributed by atoms with E-state index in [9.17, 15) is 18.0 Å². The van der Waals surface area contributed by atoms with Gasteiger partial charge in [-0.3, -0.25) is 4.72 Å². The number of carbonyl (C=O) groups is 2. The summed E-state index contributed by atoms with van der Waals surface area (Å²) in [5.41, 5.74) is 0.335. The molecule has 0 saturated heterocycles. The van der Waals surface area contributed by atoms with Crippen molar-refractivity contribution in [3.8, 4) is 5.75 Å². The number of aliphatic carboxylic acids is 1. The Morgan fingerprint density at radius 3 is 2.46 bits per heavy atom. The molecule has 0 unspecified atom stereocenters. The number of rotatable bonds is 7. The predicted molar refractivity (Wildman–Crippen MR) is 93.9 cm³/mol. The number of carboxylic acid groups (broad SMARTS) is 2. The van der Waals surface area contributed by atoms with Gasteiger partial charge in [0.2, 0.25) is 0 Å². The molecule has 9 heteroatoms. The predicted octanol–water partition coefficient (Wildman–Crippen LogP) is 2.29. The molecule has 0 radical (unpaired) electrons. The van der Waals surface area contributed by atoms with Crippen LogP contribution in [0.1, 0.15) is 15.9 Å². The van der Waals surface area contributed by atoms with Crippen molar-refractivity contribution in [2.75, 3.05) is 11.8 Å². The summed E-state index contributed by atoms with van der Waals surface area (Å²) in [6.07, 6.45) is 2.12. The molecule has 136 valence electrons. The zero-order valence-electron chi connectivity index (χ0n) is 13.5. The molecule has 0 fully saturated rings. The Labute approximate surface area is 149 Å². The Hall–Kier alpha value is -3.33. The van der Waals surface area contributed by atoms with Gasteiger partial charge < -0.3 is 14.9 Å². The van der Waals surface area contributed by atoms with Crippen LogP contribution in [0.25, 0.3) is 6.08 Å². The quantitative estimate of drug-likeness (QED) is 0.631. The number of nitrogens with one attached hydrogen (secondary N) is 1. The summed E-state index contributed by atoms with van der Waals surface area (Å²) in [6.45, 7) is 0. The minimum absolute atomic E-state index is 0.0550. The van der Waals surface area contributed by atoms with E-state index in [1.165, 1.54) is 55.7 Å². The molecule has 8 nitrogen and oxygen atoms in total. The lowest BCUT2D eigenvalue weighted by Crippen LogP contribution is -2.14. The van der Waals surface area contributed by atoms with Crippen LogP contribution in [-0.2, 0) is 14.8 Å². The van der Waals surface area contributed by atoms with Crippen LogP contribution in [-0.4, -0.2) is 37.7 Å². The molecule has 2 rings (SSSR count). The molecule has 0 spiro atoms. The van der Waals surface area contributed by atoms with Gasteiger partial charge in [0.25, 0.3) is 10.0 Å². The average Bonchev–Trinajstić information content (AvgIpc) is 2.59. The Bertz CT molecular complexity index is 980. The first kappa shape index (κ1) is 19.0. The van der Waals surface area contributed by atoms with E-state index in [0.29, 0.717) is 5.56 Å². The molecule has 2 aromatic carbocycles. The molecule has 0 aromatic heterocycles. The summed E-state index contributed by atoms with van der Waals surface area (Å²) < 4.78 is 32.7. The molecular formula is C17H15NO7S. The fourth-order valence-corrected chi connectivity index (χ4v) is 3.36. The molecule has 2 aromatic rings. The maximum absolute atomic E-state index is 12.7. The van der Waals surface area contributed by atoms with Gasteiger partial charge in [-0.2, -0.15) is 0 Å². The molecular weight excluding hydrogens is 362 g/mol. The molecule has 0 amide bonds. The summed E-state index contributed by atoms with van der Waals surface area (Å²) in [4.78, 5) is 21.4. The number of hydrogen-bond donors (Lipinski definition) is 3. The Balaban J connectivity index is 2.44. The fourth-order valence-electron chi connectivity index (χ4n) is 2.10. The third kappa shape index (κ3) is 4.61. The van der Waals surface area contributed by atoms with Gasteiger partial charge in [0.05, 0.1) is 12.7 Å². The maximum atomic E-state index is 12.7. The molecule has 0 aliphatic carbocycles. The van der Waals surface area contributed by atoms with E-state index in [2.05, 4.69) is 4.72 Å². The molecule has 0 heterocycles. The van der Waals surface area contributed by atoms with Gasteiger partial charge in [-0.25, -0.2) is 18.0 Å². The van der Waals surface area contributed by atoms with Crippen molar-refractivity contribution < 1.29 is 33.0 Å². The van der Waals surface area contributed by atoms with Gasteiger partial charge in [-0.15, -0.1) is 0 Å². The highest BCUT2D eigenvalue weighted by Gasteiger charge is 2.20. The summed E-state index contributed by atoms with van der Waals surface area (Å²) in [7, 11) is -2.81. The highest BCUT2D eigenvalue weighted by atomic mass is 32.2. The van der Waals surface area contributed by atoms with E-state index in [1.54, 1.807) is 0 Å². The molecule has 0 saturated carbocycles. The van der Waals surface area contributed by atoms with E-state index in [4.69, 9.17) is 14.9 Å². The molecule has 26 heavy (non-hydrogen) atoms. The number of hydrogen-bond acceptors (Lipinski definition) is 5. The second-order valence-corrected chi connectivity index (χ2v) is 6.72. The third-order valence-corrected chi connectivity index (χ3v) is 4.66. The largest absolute Gasteiger partial charge is 0.495 e. The van der Waals surface area contributed by atoms with Crippen LogP contribution in [0.15, 0.2) is 53.4 Å². The van der Waals surface area contributed by atoms with Gasteiger partial charge >= 0.3 is 11.9 Å². The van der Waals surface area contributed by atoms with E-state index < -0.39 is 22.0 Å². The van der Waals surface area contributed by atoms with Gasteiger partial charge in [0.15, 0.2) is 0 Å². The van der Waals surface area contributed by atoms with Crippen LogP contribution in [0.3, 0.4) is 0 Å². The van der Waals surface area contributed by atoms with Gasteiger partial charge in [-0.1, -0.05) is 12.1 Å². The van der Waals surface area contributed by atoms with Crippen molar-refractivity contribution in [1.29, 1.82) is 0 Å². The van der Waals surface area contributed by atoms with Crippen molar-refractivity contribution in [3.05, 3.63) is 59.7 Å². The zero-order chi connectivity index (χ0) is 19.3. The van der Waals surface area contributed by atoms with Crippen molar-refractivity contribution in [1.82, 2.24) is 0 Å². The Morgan fingerprint density at radius 1 is 1.12 bits per heavy atom. The van der Waals surface area contributed by atoms with Crippen molar-refractivity contribution in [2.24, 2.45) is 0 Å². The van der Waals surface area contributed by atoms with Crippen molar-refractivity contribution >= 4 is 33.7 Å². The van der Waals surface area contributed by atoms with E-state index >= 15 is 0 Å². The lowest BCUT2D eigenvalue weighted by Gasteiger charge is -2.12. The first-order valence-corrected chi connectivity index (χ1v) is 8.66. The van der Waals surface area contributed by atoms with Crippen LogP contribution >= 0.6 is 0 Å². The summed E-state index contributed by atoms with van der Waals surface area (Å²) in [5.74, 6) is -2.31. The maximum Gasteiger partial charge on any atom is 0.335 e. The number of benzene rings is 2. The second kappa shape index (κ2) is 7.70. The molecule has 0 aliphatic heterocycles. The van der Waals surface area contributed by atoms with Gasteiger partial charge in [0.1, 0.15) is 10.6 Å². The van der Waals surface area contributed by atoms with E-state index in [1.807, 2.05) is 0 Å². The van der Waals surface area contributed by atoms with Crippen molar-refractivity contribution in [3.63, 3.8) is 0 Å². The first-order valence-electron chi connectivity index (χ1n) is 7.18. The van der Waals surface area contributed by atoms with Crippen LogP contribution in [0.5, 0.6) is 5.75 Å². The topological polar surface area (TPSA) is 130 Å². The second-order valence-electron chi connectivity index (χ2n) is 5.07. The van der Waals surface area contributed by atoms with Crippen LogP contribution in [0.4, 0.5) is 5.69 Å². The smallest absolute Gasteiger partial charge is 0.335 e. The normalized spacial score (nSPS) is 11.3. The number of ether oxygens (including phenoxy) is 1. The minimum Gasteiger partial charge on any atom is -0.495 e. The van der Waals surface area contributed by atoms with Gasteiger partial charge in [-0.05, 0) is 42.0 Å². The number of aromatic carboxylic acids is 1. The summed E-state index contributed by atoms with van der Waals surface area (Å²) >= 11 is 0. The van der Waals surface area contributed by atoms with Gasteiger partial charge in [0, 0.05) is 11.8 Å². The summed E-state index contributed by atoms with van der Waals surface area (Å²) in [5, 5.41) is 17.7. The lowest BCUT2D eigenvalue weighted by molar-refractivity contribution is -0.131. The number of anilines is 1. The third-order valence-electron chi connectivity index (χ3n) is 3.26. The van der Waals surface area contributed by atoms with E-state index in [0.717, 1.165) is 6.08 Å². The first-order chi connectivity index (χ1) is 12.2. The minimum atomic E-state index is -4.11. The molecule has 3 N–H and O–H groups in total. The Morgan fingerprint density at radius 2 is 1.85 bits per heavy atom. The SMILES string of the molecule is COc1ccc(C=CC(=O)O)cc1S(=O)(=O)Nc1cccc(C(=O)O)c1. The lowest BCUT2D eigenvalue weighted by atomic mass is 10.2. The number of methoxy groups -OCH3 is 1. The highest BCUT2D eigenvalue weighted by Crippen LogP contribution is 2.27. The zero-order valence-corrected chi connectivity index (χ0v) is 14.4. The molecule has 0 atom stereocenters. The number of carboxylic acids is 2. The molecule has 0 aliphatic rings. The molecule has 0 bridgehead atoms. The van der Waals surface area contributed by atoms with Crippen LogP contribution in [0, 0.1) is 0 Å². The monoisotopic (exact) mass is 377 g/mol. The van der Waals surface area contributed by atoms with E-state index in [-0.39, 0.29) is 21.9 Å². The number of sulfonamides is 1. The highest BCUT2D eigenvalue weighted by molar-refractivity contribution is 7.92. The average molecular weight is 377 g/mol. The Kier molecular flexibility index (Phi) is 5.63. The van der Waals surface area contributed by atoms with Crippen LogP contribution in [0.2, 0.25) is 0 Å². The summed E-state index contributed by atoms with van der Waals surface area (Å²) in [6, 6.07) is 9.47. The van der Waals surface area contributed by atoms with Crippen molar-refractivity contribution in [2.45, 2.75) is 4.90 Å². The standard InChI is InChI=1S/C17H15NO7S/c1-25-14-7-5-11(6-8-16(19)20)9-15(14)26(23,24)18-13-4-2-3-12(10-13)17(21)22/h2-10,18H,1H3,(H,19,20)(H,21,22). The fraction of sp³-hybridized carbons (Fsp3) is 0.0588.